The van der Waals surface area contributed by atoms with Crippen LogP contribution in [0.3, 0.4) is 0 Å². The molecule has 12 nitrogen and oxygen atoms in total. The van der Waals surface area contributed by atoms with E-state index in [9.17, 15) is 44.7 Å². The summed E-state index contributed by atoms with van der Waals surface area (Å²) < 4.78 is 135. The van der Waals surface area contributed by atoms with E-state index in [1.54, 1.807) is 27.7 Å². The Labute approximate surface area is 491 Å². The maximum Gasteiger partial charge on any atom is 0.335 e. The number of ether oxygens (including phenoxy) is 4. The number of hydrogen-bond donors (Lipinski definition) is 2. The third-order valence-electron chi connectivity index (χ3n) is 13.4. The number of carbonyl (C=O) groups is 2. The van der Waals surface area contributed by atoms with Crippen LogP contribution in [0.15, 0.2) is 172 Å². The molecule has 468 valence electrons. The average molecular weight is 1200 g/mol. The van der Waals surface area contributed by atoms with E-state index in [0.717, 1.165) is 74.9 Å². The van der Waals surface area contributed by atoms with Crippen molar-refractivity contribution in [3.63, 3.8) is 0 Å². The third kappa shape index (κ3) is 24.5. The van der Waals surface area contributed by atoms with E-state index in [4.69, 9.17) is 29.2 Å². The van der Waals surface area contributed by atoms with Gasteiger partial charge >= 0.3 is 23.7 Å². The minimum Gasteiger partial charge on any atom is -0.390 e. The Morgan fingerprint density at radius 1 is 0.429 bits per heavy atom. The molecule has 0 aliphatic heterocycles. The molecule has 0 saturated heterocycles. The largest absolute Gasteiger partial charge is 0.390 e. The topological polar surface area (TPSA) is 136 Å². The van der Waals surface area contributed by atoms with Gasteiger partial charge in [-0.3, -0.25) is 19.3 Å². The number of amides is 2. The number of aliphatic hydroxyl groups excluding tert-OH is 2. The fourth-order valence-electron chi connectivity index (χ4n) is 8.35. The predicted molar refractivity (Wildman–Crippen MR) is 310 cm³/mol. The standard InChI is InChI=1S/2C17H23F2NO3.2C15H20F2O2/c2*1-5-14(17(18,19)16(21)20(3)22-4)15(6-2)23-12-13-10-8-7-9-11-13;2*1-3-13(15(16,17)11-18)14(4-2)19-10-12-8-6-5-7-9-12/h2*5,7-11,14-15H,1,6,12H2,2-4H3;2*3,5-9,13-14,18H,1,4,10-11H2,2H3/t2*14-,15+;13-,14+;13-,14-/m1110/s1. The fourth-order valence-corrected chi connectivity index (χ4v) is 8.35. The highest BCUT2D eigenvalue weighted by Crippen LogP contribution is 2.36. The van der Waals surface area contributed by atoms with Gasteiger partial charge in [0.25, 0.3) is 11.8 Å². The van der Waals surface area contributed by atoms with Crippen molar-refractivity contribution in [2.75, 3.05) is 41.5 Å². The molecule has 8 atom stereocenters. The molecule has 0 spiro atoms. The first-order chi connectivity index (χ1) is 39.8. The van der Waals surface area contributed by atoms with Crippen molar-refractivity contribution in [2.45, 2.75) is 128 Å². The van der Waals surface area contributed by atoms with E-state index in [2.05, 4.69) is 36.0 Å². The summed E-state index contributed by atoms with van der Waals surface area (Å²) in [7, 11) is 4.59. The average Bonchev–Trinajstić information content (AvgIpc) is 3.69. The van der Waals surface area contributed by atoms with Crippen molar-refractivity contribution >= 4 is 11.8 Å². The zero-order chi connectivity index (χ0) is 63.5. The number of alkyl halides is 8. The Balaban J connectivity index is 0.000000562. The minimum atomic E-state index is -3.66. The molecule has 4 rings (SSSR count). The van der Waals surface area contributed by atoms with Gasteiger partial charge in [0.2, 0.25) is 0 Å². The highest BCUT2D eigenvalue weighted by molar-refractivity contribution is 5.83. The van der Waals surface area contributed by atoms with Crippen molar-refractivity contribution in [1.29, 1.82) is 0 Å². The van der Waals surface area contributed by atoms with Gasteiger partial charge in [0.15, 0.2) is 0 Å². The Morgan fingerprint density at radius 2 is 0.631 bits per heavy atom. The van der Waals surface area contributed by atoms with Crippen LogP contribution in [0.5, 0.6) is 0 Å². The van der Waals surface area contributed by atoms with Crippen LogP contribution in [0, 0.1) is 23.7 Å². The minimum absolute atomic E-state index is 0.189. The summed E-state index contributed by atoms with van der Waals surface area (Å²) in [5.74, 6) is -21.9. The summed E-state index contributed by atoms with van der Waals surface area (Å²) in [6, 6.07) is 37.2. The van der Waals surface area contributed by atoms with Crippen molar-refractivity contribution in [3.05, 3.63) is 194 Å². The van der Waals surface area contributed by atoms with Gasteiger partial charge in [-0.25, -0.2) is 27.7 Å². The normalized spacial score (nSPS) is 14.5. The lowest BCUT2D eigenvalue weighted by molar-refractivity contribution is -0.205. The van der Waals surface area contributed by atoms with Gasteiger partial charge in [-0.05, 0) is 47.9 Å². The number of benzene rings is 4. The highest BCUT2D eigenvalue weighted by atomic mass is 19.3. The number of hydrogen-bond acceptors (Lipinski definition) is 10. The zero-order valence-electron chi connectivity index (χ0n) is 49.5. The molecule has 0 bridgehead atoms. The van der Waals surface area contributed by atoms with Crippen LogP contribution >= 0.6 is 0 Å². The second-order valence-electron chi connectivity index (χ2n) is 19.1. The molecule has 4 aromatic carbocycles. The van der Waals surface area contributed by atoms with Crippen LogP contribution < -0.4 is 0 Å². The number of nitrogens with zero attached hydrogens (tertiary/aromatic N) is 2. The molecule has 0 heterocycles. The summed E-state index contributed by atoms with van der Waals surface area (Å²) in [4.78, 5) is 32.8. The van der Waals surface area contributed by atoms with E-state index in [0.29, 0.717) is 35.8 Å². The molecule has 2 N–H and O–H groups in total. The highest BCUT2D eigenvalue weighted by Gasteiger charge is 2.52. The van der Waals surface area contributed by atoms with E-state index < -0.39 is 96.8 Å². The fraction of sp³-hybridized carbons (Fsp3) is 0.469. The first kappa shape index (κ1) is 75.9. The van der Waals surface area contributed by atoms with Crippen molar-refractivity contribution < 1.29 is 83.5 Å². The quantitative estimate of drug-likeness (QED) is 0.0264. The van der Waals surface area contributed by atoms with Crippen LogP contribution in [0.25, 0.3) is 0 Å². The summed E-state index contributed by atoms with van der Waals surface area (Å²) in [5, 5.41) is 18.6. The van der Waals surface area contributed by atoms with Gasteiger partial charge in [0, 0.05) is 14.1 Å². The second kappa shape index (κ2) is 39.5. The smallest absolute Gasteiger partial charge is 0.335 e. The molecule has 0 aliphatic carbocycles. The Hall–Kier alpha value is -6.10. The summed E-state index contributed by atoms with van der Waals surface area (Å²) in [6.07, 6.45) is 2.96. The van der Waals surface area contributed by atoms with Crippen LogP contribution in [0.4, 0.5) is 35.1 Å². The second-order valence-corrected chi connectivity index (χ2v) is 19.1. The maximum atomic E-state index is 14.5. The molecule has 2 amide bonds. The molecule has 0 aromatic heterocycles. The Bertz CT molecular complexity index is 2280. The maximum absolute atomic E-state index is 14.5. The molecular weight excluding hydrogens is 1110 g/mol. The molecule has 0 saturated carbocycles. The summed E-state index contributed by atoms with van der Waals surface area (Å²) >= 11 is 0. The van der Waals surface area contributed by atoms with Crippen molar-refractivity contribution in [2.24, 2.45) is 23.7 Å². The number of hydroxylamine groups is 4. The summed E-state index contributed by atoms with van der Waals surface area (Å²) in [5.41, 5.74) is 3.60. The first-order valence-corrected chi connectivity index (χ1v) is 27.4. The SMILES string of the molecule is C=C[C@@H]([C@H](CC)OCc1ccccc1)C(F)(F)CO.C=C[C@H]([C@H](CC)OCc1ccccc1)C(F)(F)C(=O)N(C)OC.C=C[C@H]([C@H](CC)OCc1ccccc1)C(F)(F)C(=O)N(C)OC.C=C[C@H]([C@H](CC)OCc1ccccc1)C(F)(F)CO. The molecule has 20 heteroatoms. The predicted octanol–water partition coefficient (Wildman–Crippen LogP) is 13.7. The van der Waals surface area contributed by atoms with Gasteiger partial charge < -0.3 is 29.2 Å². The lowest BCUT2D eigenvalue weighted by Crippen LogP contribution is -2.49. The number of halogens is 8. The number of carbonyl (C=O) groups excluding carboxylic acids is 2. The lowest BCUT2D eigenvalue weighted by atomic mass is 9.92. The molecule has 0 radical (unpaired) electrons. The van der Waals surface area contributed by atoms with Gasteiger partial charge in [0.1, 0.15) is 13.2 Å². The van der Waals surface area contributed by atoms with E-state index in [1.807, 2.05) is 121 Å². The van der Waals surface area contributed by atoms with Crippen LogP contribution in [0.2, 0.25) is 0 Å². The van der Waals surface area contributed by atoms with Gasteiger partial charge in [-0.15, -0.1) is 26.3 Å². The molecule has 0 unspecified atom stereocenters. The zero-order valence-corrected chi connectivity index (χ0v) is 49.5. The van der Waals surface area contributed by atoms with E-state index in [1.165, 1.54) is 0 Å². The molecular formula is C64H86F8N2O10. The van der Waals surface area contributed by atoms with Gasteiger partial charge in [-0.1, -0.05) is 173 Å². The molecule has 0 fully saturated rings. The Morgan fingerprint density at radius 3 is 0.798 bits per heavy atom. The summed E-state index contributed by atoms with van der Waals surface area (Å²) in [6.45, 7) is 19.3. The number of aliphatic hydroxyl groups is 2. The van der Waals surface area contributed by atoms with E-state index >= 15 is 0 Å². The van der Waals surface area contributed by atoms with E-state index in [-0.39, 0.29) is 26.4 Å². The van der Waals surface area contributed by atoms with Crippen molar-refractivity contribution in [3.8, 4) is 0 Å². The van der Waals surface area contributed by atoms with Crippen LogP contribution in [0.1, 0.15) is 75.6 Å². The van der Waals surface area contributed by atoms with Crippen LogP contribution in [-0.4, -0.2) is 122 Å². The van der Waals surface area contributed by atoms with Crippen molar-refractivity contribution in [1.82, 2.24) is 10.1 Å². The third-order valence-corrected chi connectivity index (χ3v) is 13.4. The first-order valence-electron chi connectivity index (χ1n) is 27.4. The molecule has 0 aliphatic rings. The van der Waals surface area contributed by atoms with Crippen LogP contribution in [-0.2, 0) is 64.6 Å². The molecule has 4 aromatic rings. The lowest BCUT2D eigenvalue weighted by Gasteiger charge is -2.31. The molecule has 84 heavy (non-hydrogen) atoms. The van der Waals surface area contributed by atoms with Gasteiger partial charge in [-0.2, -0.15) is 17.6 Å². The monoisotopic (exact) mass is 1190 g/mol. The Kier molecular flexibility index (Phi) is 35.7. The van der Waals surface area contributed by atoms with Gasteiger partial charge in [0.05, 0.1) is 88.7 Å². The number of rotatable bonds is 34.